The number of fused-ring (bicyclic) bond motifs is 12. The highest BCUT2D eigenvalue weighted by atomic mass is 15.2. The molecule has 0 aliphatic heterocycles. The lowest BCUT2D eigenvalue weighted by Crippen LogP contribution is -2.14. The second-order valence-electron chi connectivity index (χ2n) is 17.5. The number of rotatable bonds is 5. The van der Waals surface area contributed by atoms with Crippen LogP contribution in [-0.2, 0) is 5.41 Å². The predicted molar refractivity (Wildman–Crippen MR) is 266 cm³/mol. The minimum absolute atomic E-state index is 0.150. The Morgan fingerprint density at radius 1 is 0.359 bits per heavy atom. The number of hydrogen-bond acceptors (Lipinski definition) is 3. The molecule has 4 nitrogen and oxygen atoms in total. The van der Waals surface area contributed by atoms with E-state index in [0.717, 1.165) is 55.0 Å². The highest BCUT2D eigenvalue weighted by molar-refractivity contribution is 6.33. The van der Waals surface area contributed by atoms with E-state index in [9.17, 15) is 0 Å². The minimum Gasteiger partial charge on any atom is -0.277 e. The second kappa shape index (κ2) is 13.9. The van der Waals surface area contributed by atoms with E-state index in [-0.39, 0.29) is 5.41 Å². The van der Waals surface area contributed by atoms with Gasteiger partial charge in [0, 0.05) is 38.3 Å². The number of nitrogens with zero attached hydrogens (tertiary/aromatic N) is 4. The third-order valence-corrected chi connectivity index (χ3v) is 13.6. The van der Waals surface area contributed by atoms with Gasteiger partial charge in [-0.3, -0.25) is 4.57 Å². The summed E-state index contributed by atoms with van der Waals surface area (Å²) < 4.78 is 2.36. The molecule has 0 radical (unpaired) electrons. The Bertz CT molecular complexity index is 3860. The van der Waals surface area contributed by atoms with Crippen LogP contribution in [0, 0.1) is 0 Å². The Labute approximate surface area is 370 Å². The van der Waals surface area contributed by atoms with E-state index in [1.807, 2.05) is 0 Å². The summed E-state index contributed by atoms with van der Waals surface area (Å²) in [7, 11) is 0. The van der Waals surface area contributed by atoms with Gasteiger partial charge in [-0.2, -0.15) is 9.97 Å². The van der Waals surface area contributed by atoms with Gasteiger partial charge in [-0.1, -0.05) is 214 Å². The Morgan fingerprint density at radius 2 is 0.906 bits per heavy atom. The van der Waals surface area contributed by atoms with E-state index < -0.39 is 0 Å². The first-order valence-electron chi connectivity index (χ1n) is 22.0. The molecular weight excluding hydrogens is 777 g/mol. The van der Waals surface area contributed by atoms with Gasteiger partial charge in [-0.05, 0) is 71.9 Å². The molecule has 0 saturated heterocycles. The molecule has 1 aliphatic rings. The van der Waals surface area contributed by atoms with Crippen LogP contribution in [0.1, 0.15) is 25.0 Å². The fourth-order valence-corrected chi connectivity index (χ4v) is 10.6. The quantitative estimate of drug-likeness (QED) is 0.163. The average Bonchev–Trinajstić information content (AvgIpc) is 3.84. The zero-order chi connectivity index (χ0) is 42.5. The van der Waals surface area contributed by atoms with Gasteiger partial charge in [0.2, 0.25) is 5.95 Å². The van der Waals surface area contributed by atoms with Gasteiger partial charge in [0.25, 0.3) is 0 Å². The maximum atomic E-state index is 5.54. The van der Waals surface area contributed by atoms with Crippen molar-refractivity contribution in [3.8, 4) is 62.1 Å². The predicted octanol–water partition coefficient (Wildman–Crippen LogP) is 15.4. The lowest BCUT2D eigenvalue weighted by molar-refractivity contribution is 0.660. The standard InChI is InChI=1S/C60H40N4/c1-60(2)51-28-13-12-24-49(51)53-46(25-15-29-52(53)60)48-26-14-27-50-54-45-22-10-8-20-43(45)44-21-9-11-23-47(44)56(54)64(55(48)50)59-62-57(40-33-30-39(31-34-40)37-16-4-3-5-17-37)61-58(63-59)42-35-32-38-18-6-7-19-41(38)36-42/h3-36H,1-2H3. The van der Waals surface area contributed by atoms with E-state index in [1.165, 1.54) is 54.7 Å². The largest absolute Gasteiger partial charge is 0.277 e. The summed E-state index contributed by atoms with van der Waals surface area (Å²) in [6, 6.07) is 74.2. The molecule has 0 N–H and O–H groups in total. The number of hydrogen-bond donors (Lipinski definition) is 0. The van der Waals surface area contributed by atoms with Crippen LogP contribution in [0.2, 0.25) is 0 Å². The first-order valence-corrected chi connectivity index (χ1v) is 22.0. The van der Waals surface area contributed by atoms with Crippen LogP contribution in [-0.4, -0.2) is 19.5 Å². The van der Waals surface area contributed by atoms with Crippen LogP contribution in [0.15, 0.2) is 206 Å². The summed E-state index contributed by atoms with van der Waals surface area (Å²) in [5, 5.41) is 9.38. The molecule has 0 spiro atoms. The average molecular weight is 817 g/mol. The Hall–Kier alpha value is -8.21. The van der Waals surface area contributed by atoms with Gasteiger partial charge in [-0.15, -0.1) is 0 Å². The van der Waals surface area contributed by atoms with Crippen molar-refractivity contribution < 1.29 is 0 Å². The molecule has 1 aliphatic carbocycles. The molecular formula is C60H40N4. The van der Waals surface area contributed by atoms with Crippen molar-refractivity contribution in [2.75, 3.05) is 0 Å². The Morgan fingerprint density at radius 3 is 1.72 bits per heavy atom. The van der Waals surface area contributed by atoms with E-state index in [4.69, 9.17) is 15.0 Å². The fourth-order valence-electron chi connectivity index (χ4n) is 10.6. The highest BCUT2D eigenvalue weighted by Gasteiger charge is 2.37. The lowest BCUT2D eigenvalue weighted by Gasteiger charge is -2.21. The summed E-state index contributed by atoms with van der Waals surface area (Å²) in [4.78, 5) is 16.4. The summed E-state index contributed by atoms with van der Waals surface area (Å²) in [5.74, 6) is 1.80. The minimum atomic E-state index is -0.150. The molecule has 0 amide bonds. The SMILES string of the molecule is CC1(C)c2ccccc2-c2c(-c3cccc4c5c6ccccc6c6ccccc6c5n(-c5nc(-c6ccc(-c7ccccc7)cc6)nc(-c6ccc7ccccc7c6)n5)c34)cccc21. The summed E-state index contributed by atoms with van der Waals surface area (Å²) in [6.07, 6.45) is 0. The van der Waals surface area contributed by atoms with Crippen molar-refractivity contribution in [3.63, 3.8) is 0 Å². The topological polar surface area (TPSA) is 43.6 Å². The van der Waals surface area contributed by atoms with E-state index in [0.29, 0.717) is 17.6 Å². The molecule has 300 valence electrons. The molecule has 13 rings (SSSR count). The molecule has 64 heavy (non-hydrogen) atoms. The molecule has 0 unspecified atom stereocenters. The van der Waals surface area contributed by atoms with E-state index in [2.05, 4.69) is 225 Å². The normalized spacial score (nSPS) is 13.0. The number of aromatic nitrogens is 4. The molecule has 12 aromatic rings. The van der Waals surface area contributed by atoms with Crippen LogP contribution in [0.4, 0.5) is 0 Å². The van der Waals surface area contributed by atoms with E-state index in [1.54, 1.807) is 0 Å². The molecule has 0 atom stereocenters. The lowest BCUT2D eigenvalue weighted by atomic mass is 9.82. The molecule has 0 saturated carbocycles. The molecule has 0 fully saturated rings. The third kappa shape index (κ3) is 5.39. The summed E-state index contributed by atoms with van der Waals surface area (Å²) >= 11 is 0. The Kier molecular flexibility index (Phi) is 7.92. The first-order chi connectivity index (χ1) is 31.5. The van der Waals surface area contributed by atoms with Gasteiger partial charge in [-0.25, -0.2) is 4.98 Å². The van der Waals surface area contributed by atoms with Crippen molar-refractivity contribution in [3.05, 3.63) is 217 Å². The van der Waals surface area contributed by atoms with Gasteiger partial charge < -0.3 is 0 Å². The van der Waals surface area contributed by atoms with Crippen molar-refractivity contribution >= 4 is 54.1 Å². The molecule has 10 aromatic carbocycles. The smallest absolute Gasteiger partial charge is 0.238 e. The van der Waals surface area contributed by atoms with Gasteiger partial charge in [0.15, 0.2) is 11.6 Å². The fraction of sp³-hybridized carbons (Fsp3) is 0.0500. The molecule has 2 aromatic heterocycles. The van der Waals surface area contributed by atoms with Gasteiger partial charge in [0.05, 0.1) is 11.0 Å². The van der Waals surface area contributed by atoms with Crippen LogP contribution in [0.5, 0.6) is 0 Å². The second-order valence-corrected chi connectivity index (χ2v) is 17.5. The highest BCUT2D eigenvalue weighted by Crippen LogP contribution is 2.53. The van der Waals surface area contributed by atoms with Crippen LogP contribution < -0.4 is 0 Å². The van der Waals surface area contributed by atoms with Crippen LogP contribution >= 0.6 is 0 Å². The monoisotopic (exact) mass is 816 g/mol. The zero-order valence-corrected chi connectivity index (χ0v) is 35.4. The first kappa shape index (κ1) is 36.4. The number of benzene rings is 10. The van der Waals surface area contributed by atoms with Crippen molar-refractivity contribution in [2.45, 2.75) is 19.3 Å². The zero-order valence-electron chi connectivity index (χ0n) is 35.4. The van der Waals surface area contributed by atoms with Crippen molar-refractivity contribution in [1.29, 1.82) is 0 Å². The van der Waals surface area contributed by atoms with Crippen LogP contribution in [0.3, 0.4) is 0 Å². The number of para-hydroxylation sites is 1. The maximum Gasteiger partial charge on any atom is 0.238 e. The molecule has 2 heterocycles. The third-order valence-electron chi connectivity index (χ3n) is 13.6. The summed E-state index contributed by atoms with van der Waals surface area (Å²) in [6.45, 7) is 4.70. The summed E-state index contributed by atoms with van der Waals surface area (Å²) in [5.41, 5.74) is 13.7. The van der Waals surface area contributed by atoms with Crippen LogP contribution in [0.25, 0.3) is 116 Å². The molecule has 4 heteroatoms. The molecule has 0 bridgehead atoms. The van der Waals surface area contributed by atoms with Gasteiger partial charge in [0.1, 0.15) is 0 Å². The van der Waals surface area contributed by atoms with Gasteiger partial charge >= 0.3 is 0 Å². The Balaban J connectivity index is 1.17. The van der Waals surface area contributed by atoms with Crippen molar-refractivity contribution in [2.24, 2.45) is 0 Å². The van der Waals surface area contributed by atoms with E-state index >= 15 is 0 Å². The maximum absolute atomic E-state index is 5.54. The van der Waals surface area contributed by atoms with Crippen molar-refractivity contribution in [1.82, 2.24) is 19.5 Å².